The zero-order valence-corrected chi connectivity index (χ0v) is 16.4. The molecule has 1 aromatic carbocycles. The fraction of sp³-hybridized carbons (Fsp3) is 0.400. The number of aromatic nitrogens is 2. The van der Waals surface area contributed by atoms with Crippen molar-refractivity contribution in [2.75, 3.05) is 11.9 Å². The van der Waals surface area contributed by atoms with Crippen LogP contribution in [0.2, 0.25) is 0 Å². The van der Waals surface area contributed by atoms with Gasteiger partial charge >= 0.3 is 5.63 Å². The van der Waals surface area contributed by atoms with Crippen molar-refractivity contribution in [1.82, 2.24) is 10.2 Å². The first-order chi connectivity index (χ1) is 13.6. The Hall–Kier alpha value is -2.74. The van der Waals surface area contributed by atoms with E-state index in [4.69, 9.17) is 9.15 Å². The Kier molecular flexibility index (Phi) is 5.38. The molecule has 0 atom stereocenters. The molecule has 0 unspecified atom stereocenters. The quantitative estimate of drug-likeness (QED) is 0.606. The lowest BCUT2D eigenvalue weighted by molar-refractivity contribution is -0.118. The molecule has 4 rings (SSSR count). The Labute approximate surface area is 165 Å². The van der Waals surface area contributed by atoms with E-state index in [0.29, 0.717) is 22.4 Å². The van der Waals surface area contributed by atoms with Crippen molar-refractivity contribution in [1.29, 1.82) is 0 Å². The minimum Gasteiger partial charge on any atom is -0.484 e. The first-order valence-corrected chi connectivity index (χ1v) is 10.3. The van der Waals surface area contributed by atoms with Gasteiger partial charge in [-0.1, -0.05) is 31.1 Å². The number of benzene rings is 1. The van der Waals surface area contributed by atoms with Gasteiger partial charge in [-0.15, -0.1) is 10.2 Å². The minimum atomic E-state index is -0.385. The molecular formula is C20H21N3O4S. The van der Waals surface area contributed by atoms with Gasteiger partial charge in [0.2, 0.25) is 5.13 Å². The van der Waals surface area contributed by atoms with E-state index in [1.807, 2.05) is 6.07 Å². The average molecular weight is 399 g/mol. The first-order valence-electron chi connectivity index (χ1n) is 9.45. The van der Waals surface area contributed by atoms with Gasteiger partial charge in [0.05, 0.1) is 0 Å². The molecule has 28 heavy (non-hydrogen) atoms. The lowest BCUT2D eigenvalue weighted by atomic mass is 9.86. The van der Waals surface area contributed by atoms with Crippen molar-refractivity contribution < 1.29 is 13.9 Å². The predicted molar refractivity (Wildman–Crippen MR) is 107 cm³/mol. The number of fused-ring (bicyclic) bond motifs is 1. The van der Waals surface area contributed by atoms with E-state index in [1.165, 1.54) is 23.8 Å². The summed E-state index contributed by atoms with van der Waals surface area (Å²) in [6.45, 7) is 1.90. The van der Waals surface area contributed by atoms with Gasteiger partial charge < -0.3 is 9.15 Å². The van der Waals surface area contributed by atoms with E-state index in [-0.39, 0.29) is 18.1 Å². The highest BCUT2D eigenvalue weighted by Crippen LogP contribution is 2.38. The molecule has 3 aromatic rings. The third kappa shape index (κ3) is 4.06. The number of hydrogen-bond donors (Lipinski definition) is 1. The van der Waals surface area contributed by atoms with Crippen molar-refractivity contribution in [3.63, 3.8) is 0 Å². The second-order valence-electron chi connectivity index (χ2n) is 6.91. The van der Waals surface area contributed by atoms with Crippen LogP contribution in [0.1, 0.15) is 49.1 Å². The number of carbonyl (C=O) groups is 1. The number of amides is 1. The Bertz CT molecular complexity index is 1060. The Balaban J connectivity index is 1.39. The Morgan fingerprint density at radius 2 is 2.18 bits per heavy atom. The van der Waals surface area contributed by atoms with Crippen LogP contribution in [0.3, 0.4) is 0 Å². The molecule has 1 fully saturated rings. The SMILES string of the molecule is CCCc1cc(=O)oc2cc(OCC(=O)Nc3nnc(C4CCC4)s3)ccc12. The molecule has 1 amide bonds. The first kappa shape index (κ1) is 18.6. The largest absolute Gasteiger partial charge is 0.484 e. The Morgan fingerprint density at radius 3 is 2.93 bits per heavy atom. The monoisotopic (exact) mass is 399 g/mol. The normalized spacial score (nSPS) is 14.0. The number of hydrogen-bond acceptors (Lipinski definition) is 7. The third-order valence-corrected chi connectivity index (χ3v) is 5.83. The van der Waals surface area contributed by atoms with Crippen LogP contribution >= 0.6 is 11.3 Å². The molecule has 0 aliphatic heterocycles. The number of anilines is 1. The molecule has 1 aliphatic carbocycles. The molecule has 0 saturated heterocycles. The summed E-state index contributed by atoms with van der Waals surface area (Å²) in [4.78, 5) is 23.9. The van der Waals surface area contributed by atoms with E-state index in [1.54, 1.807) is 12.1 Å². The number of aryl methyl sites for hydroxylation is 1. The molecule has 146 valence electrons. The molecule has 1 aliphatic rings. The topological polar surface area (TPSA) is 94.3 Å². The predicted octanol–water partition coefficient (Wildman–Crippen LogP) is 3.88. The van der Waals surface area contributed by atoms with Gasteiger partial charge in [-0.3, -0.25) is 10.1 Å². The van der Waals surface area contributed by atoms with Crippen molar-refractivity contribution in [2.24, 2.45) is 0 Å². The maximum atomic E-state index is 12.1. The molecule has 1 N–H and O–H groups in total. The van der Waals surface area contributed by atoms with Crippen molar-refractivity contribution in [2.45, 2.75) is 44.9 Å². The van der Waals surface area contributed by atoms with Gasteiger partial charge in [0.25, 0.3) is 5.91 Å². The van der Waals surface area contributed by atoms with Crippen molar-refractivity contribution >= 4 is 33.3 Å². The zero-order valence-electron chi connectivity index (χ0n) is 15.6. The number of carbonyl (C=O) groups excluding carboxylic acids is 1. The van der Waals surface area contributed by atoms with Crippen LogP contribution in [0.5, 0.6) is 5.75 Å². The van der Waals surface area contributed by atoms with Gasteiger partial charge in [-0.05, 0) is 37.0 Å². The summed E-state index contributed by atoms with van der Waals surface area (Å²) in [6.07, 6.45) is 5.25. The second kappa shape index (κ2) is 8.10. The smallest absolute Gasteiger partial charge is 0.336 e. The maximum Gasteiger partial charge on any atom is 0.336 e. The number of rotatable bonds is 7. The summed E-state index contributed by atoms with van der Waals surface area (Å²) in [5, 5.41) is 13.2. The van der Waals surface area contributed by atoms with Crippen LogP contribution in [0.15, 0.2) is 33.5 Å². The minimum absolute atomic E-state index is 0.164. The van der Waals surface area contributed by atoms with Crippen LogP contribution in [0, 0.1) is 0 Å². The van der Waals surface area contributed by atoms with E-state index in [0.717, 1.165) is 41.6 Å². The molecule has 7 nitrogen and oxygen atoms in total. The van der Waals surface area contributed by atoms with Crippen LogP contribution in [0.25, 0.3) is 11.0 Å². The van der Waals surface area contributed by atoms with Gasteiger partial charge in [0, 0.05) is 23.4 Å². The molecular weight excluding hydrogens is 378 g/mol. The summed E-state index contributed by atoms with van der Waals surface area (Å²) >= 11 is 1.42. The molecule has 0 bridgehead atoms. The van der Waals surface area contributed by atoms with Gasteiger partial charge in [0.1, 0.15) is 16.3 Å². The Morgan fingerprint density at radius 1 is 1.32 bits per heavy atom. The summed E-state index contributed by atoms with van der Waals surface area (Å²) in [7, 11) is 0. The standard InChI is InChI=1S/C20H21N3O4S/c1-2-4-13-9-18(25)27-16-10-14(7-8-15(13)16)26-11-17(24)21-20-23-22-19(28-20)12-5-3-6-12/h7-10,12H,2-6,11H2,1H3,(H,21,23,24). The molecule has 2 heterocycles. The maximum absolute atomic E-state index is 12.1. The van der Waals surface area contributed by atoms with Crippen LogP contribution in [-0.4, -0.2) is 22.7 Å². The van der Waals surface area contributed by atoms with E-state index in [2.05, 4.69) is 22.4 Å². The fourth-order valence-electron chi connectivity index (χ4n) is 3.19. The highest BCUT2D eigenvalue weighted by Gasteiger charge is 2.23. The highest BCUT2D eigenvalue weighted by molar-refractivity contribution is 7.15. The lowest BCUT2D eigenvalue weighted by Crippen LogP contribution is -2.20. The van der Waals surface area contributed by atoms with E-state index < -0.39 is 0 Å². The van der Waals surface area contributed by atoms with Crippen LogP contribution in [0.4, 0.5) is 5.13 Å². The molecule has 8 heteroatoms. The average Bonchev–Trinajstić information content (AvgIpc) is 3.06. The number of nitrogens with one attached hydrogen (secondary N) is 1. The third-order valence-electron chi connectivity index (χ3n) is 4.83. The van der Waals surface area contributed by atoms with Crippen molar-refractivity contribution in [3.8, 4) is 5.75 Å². The number of nitrogens with zero attached hydrogens (tertiary/aromatic N) is 2. The van der Waals surface area contributed by atoms with Crippen LogP contribution < -0.4 is 15.7 Å². The van der Waals surface area contributed by atoms with Gasteiger partial charge in [-0.25, -0.2) is 4.79 Å². The zero-order chi connectivity index (χ0) is 19.5. The van der Waals surface area contributed by atoms with Gasteiger partial charge in [-0.2, -0.15) is 0 Å². The number of ether oxygens (including phenoxy) is 1. The summed E-state index contributed by atoms with van der Waals surface area (Å²) < 4.78 is 10.8. The molecule has 1 saturated carbocycles. The van der Waals surface area contributed by atoms with Crippen molar-refractivity contribution in [3.05, 3.63) is 45.3 Å². The van der Waals surface area contributed by atoms with E-state index in [9.17, 15) is 9.59 Å². The molecule has 0 radical (unpaired) electrons. The fourth-order valence-corrected chi connectivity index (χ4v) is 4.11. The van der Waals surface area contributed by atoms with Gasteiger partial charge in [0.15, 0.2) is 6.61 Å². The second-order valence-corrected chi connectivity index (χ2v) is 7.92. The summed E-state index contributed by atoms with van der Waals surface area (Å²) in [5.41, 5.74) is 1.03. The summed E-state index contributed by atoms with van der Waals surface area (Å²) in [6, 6.07) is 6.79. The molecule has 2 aromatic heterocycles. The molecule has 0 spiro atoms. The lowest BCUT2D eigenvalue weighted by Gasteiger charge is -2.21. The summed E-state index contributed by atoms with van der Waals surface area (Å²) in [5.74, 6) is 0.647. The van der Waals surface area contributed by atoms with Crippen LogP contribution in [-0.2, 0) is 11.2 Å². The van der Waals surface area contributed by atoms with E-state index >= 15 is 0 Å². The highest BCUT2D eigenvalue weighted by atomic mass is 32.1.